The minimum Gasteiger partial charge on any atom is -0.481 e. The second-order valence-corrected chi connectivity index (χ2v) is 7.32. The minimum absolute atomic E-state index is 0.0241. The quantitative estimate of drug-likeness (QED) is 0.875. The van der Waals surface area contributed by atoms with Crippen LogP contribution in [0.25, 0.3) is 0 Å². The van der Waals surface area contributed by atoms with Gasteiger partial charge in [0.05, 0.1) is 17.8 Å². The second-order valence-electron chi connectivity index (χ2n) is 5.42. The molecule has 1 aliphatic heterocycles. The van der Waals surface area contributed by atoms with Gasteiger partial charge in [-0.3, -0.25) is 9.48 Å². The van der Waals surface area contributed by atoms with Gasteiger partial charge in [0.15, 0.2) is 0 Å². The van der Waals surface area contributed by atoms with Gasteiger partial charge in [-0.25, -0.2) is 8.42 Å². The Labute approximate surface area is 118 Å². The van der Waals surface area contributed by atoms with E-state index in [0.29, 0.717) is 18.7 Å². The molecule has 112 valence electrons. The van der Waals surface area contributed by atoms with E-state index in [0.717, 1.165) is 0 Å². The number of sulfonamides is 1. The maximum Gasteiger partial charge on any atom is 0.307 e. The fourth-order valence-corrected chi connectivity index (χ4v) is 4.34. The van der Waals surface area contributed by atoms with E-state index in [2.05, 4.69) is 5.10 Å². The van der Waals surface area contributed by atoms with Crippen LogP contribution in [0.1, 0.15) is 19.0 Å². The van der Waals surface area contributed by atoms with Gasteiger partial charge in [0.1, 0.15) is 4.90 Å². The van der Waals surface area contributed by atoms with E-state index in [1.165, 1.54) is 15.2 Å². The highest BCUT2D eigenvalue weighted by molar-refractivity contribution is 7.89. The SMILES string of the molecule is Cc1c(S(=O)(=O)N2CC(C)CC(C(=O)O)C2)cnn1C. The fourth-order valence-electron chi connectivity index (χ4n) is 2.55. The van der Waals surface area contributed by atoms with Gasteiger partial charge < -0.3 is 5.11 Å². The Morgan fingerprint density at radius 2 is 2.10 bits per heavy atom. The molecule has 0 aliphatic carbocycles. The molecule has 0 saturated carbocycles. The van der Waals surface area contributed by atoms with Gasteiger partial charge in [0.25, 0.3) is 0 Å². The zero-order chi connectivity index (χ0) is 15.1. The van der Waals surface area contributed by atoms with Crippen molar-refractivity contribution >= 4 is 16.0 Å². The van der Waals surface area contributed by atoms with Crippen molar-refractivity contribution in [1.82, 2.24) is 14.1 Å². The Kier molecular flexibility index (Phi) is 3.88. The molecule has 1 aliphatic rings. The van der Waals surface area contributed by atoms with E-state index in [9.17, 15) is 13.2 Å². The van der Waals surface area contributed by atoms with Crippen molar-refractivity contribution in [3.63, 3.8) is 0 Å². The molecule has 1 saturated heterocycles. The van der Waals surface area contributed by atoms with Crippen LogP contribution < -0.4 is 0 Å². The summed E-state index contributed by atoms with van der Waals surface area (Å²) >= 11 is 0. The van der Waals surface area contributed by atoms with Crippen LogP contribution in [0.3, 0.4) is 0 Å². The summed E-state index contributed by atoms with van der Waals surface area (Å²) < 4.78 is 28.0. The van der Waals surface area contributed by atoms with Crippen molar-refractivity contribution in [2.24, 2.45) is 18.9 Å². The molecule has 0 radical (unpaired) electrons. The number of carbonyl (C=O) groups is 1. The number of aliphatic carboxylic acids is 1. The van der Waals surface area contributed by atoms with E-state index in [-0.39, 0.29) is 17.4 Å². The molecule has 2 heterocycles. The van der Waals surface area contributed by atoms with Crippen molar-refractivity contribution < 1.29 is 18.3 Å². The van der Waals surface area contributed by atoms with Crippen LogP contribution in [0.15, 0.2) is 11.1 Å². The Morgan fingerprint density at radius 3 is 2.60 bits per heavy atom. The lowest BCUT2D eigenvalue weighted by molar-refractivity contribution is -0.143. The van der Waals surface area contributed by atoms with E-state index in [1.54, 1.807) is 14.0 Å². The third-order valence-electron chi connectivity index (χ3n) is 3.78. The van der Waals surface area contributed by atoms with Crippen molar-refractivity contribution in [2.75, 3.05) is 13.1 Å². The summed E-state index contributed by atoms with van der Waals surface area (Å²) in [4.78, 5) is 11.3. The van der Waals surface area contributed by atoms with Crippen LogP contribution >= 0.6 is 0 Å². The molecule has 2 unspecified atom stereocenters. The average Bonchev–Trinajstić information content (AvgIpc) is 2.69. The number of aromatic nitrogens is 2. The highest BCUT2D eigenvalue weighted by Crippen LogP contribution is 2.28. The lowest BCUT2D eigenvalue weighted by Gasteiger charge is -2.33. The largest absolute Gasteiger partial charge is 0.481 e. The molecular formula is C12H19N3O4S. The molecule has 8 heteroatoms. The van der Waals surface area contributed by atoms with Crippen LogP contribution in [-0.2, 0) is 21.9 Å². The second kappa shape index (κ2) is 5.17. The summed E-state index contributed by atoms with van der Waals surface area (Å²) in [6.07, 6.45) is 1.83. The van der Waals surface area contributed by atoms with E-state index >= 15 is 0 Å². The molecule has 20 heavy (non-hydrogen) atoms. The summed E-state index contributed by atoms with van der Waals surface area (Å²) in [6.45, 7) is 3.92. The van der Waals surface area contributed by atoms with E-state index in [4.69, 9.17) is 5.11 Å². The Bertz CT molecular complexity index is 623. The topological polar surface area (TPSA) is 92.5 Å². The normalized spacial score (nSPS) is 24.8. The molecule has 1 aromatic rings. The predicted molar refractivity (Wildman–Crippen MR) is 71.6 cm³/mol. The molecule has 1 aromatic heterocycles. The molecule has 1 fully saturated rings. The summed E-state index contributed by atoms with van der Waals surface area (Å²) in [6, 6.07) is 0. The van der Waals surface area contributed by atoms with Gasteiger partial charge in [-0.15, -0.1) is 0 Å². The minimum atomic E-state index is -3.68. The van der Waals surface area contributed by atoms with Crippen molar-refractivity contribution in [1.29, 1.82) is 0 Å². The molecule has 0 bridgehead atoms. The molecule has 7 nitrogen and oxygen atoms in total. The van der Waals surface area contributed by atoms with Crippen LogP contribution in [0.5, 0.6) is 0 Å². The smallest absolute Gasteiger partial charge is 0.307 e. The van der Waals surface area contributed by atoms with Crippen LogP contribution in [0.2, 0.25) is 0 Å². The number of hydrogen-bond acceptors (Lipinski definition) is 4. The number of piperidine rings is 1. The fraction of sp³-hybridized carbons (Fsp3) is 0.667. The predicted octanol–water partition coefficient (Wildman–Crippen LogP) is 0.460. The number of carboxylic acid groups (broad SMARTS) is 1. The maximum absolute atomic E-state index is 12.6. The number of nitrogens with zero attached hydrogens (tertiary/aromatic N) is 3. The maximum atomic E-state index is 12.6. The van der Waals surface area contributed by atoms with Crippen molar-refractivity contribution in [3.8, 4) is 0 Å². The number of rotatable bonds is 3. The van der Waals surface area contributed by atoms with Gasteiger partial charge in [-0.05, 0) is 19.3 Å². The molecule has 0 aromatic carbocycles. The summed E-state index contributed by atoms with van der Waals surface area (Å²) in [5.74, 6) is -1.57. The number of carboxylic acids is 1. The molecule has 2 rings (SSSR count). The summed E-state index contributed by atoms with van der Waals surface area (Å²) in [7, 11) is -2.01. The van der Waals surface area contributed by atoms with Gasteiger partial charge in [-0.1, -0.05) is 6.92 Å². The molecule has 0 amide bonds. The molecule has 0 spiro atoms. The Balaban J connectivity index is 2.34. The van der Waals surface area contributed by atoms with Gasteiger partial charge >= 0.3 is 5.97 Å². The Morgan fingerprint density at radius 1 is 1.45 bits per heavy atom. The van der Waals surface area contributed by atoms with Crippen LogP contribution in [0.4, 0.5) is 0 Å². The monoisotopic (exact) mass is 301 g/mol. The Hall–Kier alpha value is -1.41. The lowest BCUT2D eigenvalue weighted by atomic mass is 9.92. The molecule has 1 N–H and O–H groups in total. The van der Waals surface area contributed by atoms with Crippen molar-refractivity contribution in [3.05, 3.63) is 11.9 Å². The molecular weight excluding hydrogens is 282 g/mol. The highest BCUT2D eigenvalue weighted by atomic mass is 32.2. The lowest BCUT2D eigenvalue weighted by Crippen LogP contribution is -2.45. The highest BCUT2D eigenvalue weighted by Gasteiger charge is 2.37. The zero-order valence-electron chi connectivity index (χ0n) is 11.8. The van der Waals surface area contributed by atoms with E-state index < -0.39 is 21.9 Å². The van der Waals surface area contributed by atoms with Gasteiger partial charge in [0, 0.05) is 20.1 Å². The first-order valence-electron chi connectivity index (χ1n) is 6.45. The first-order valence-corrected chi connectivity index (χ1v) is 7.89. The van der Waals surface area contributed by atoms with Crippen LogP contribution in [0, 0.1) is 18.8 Å². The first-order chi connectivity index (χ1) is 9.23. The zero-order valence-corrected chi connectivity index (χ0v) is 12.6. The summed E-state index contributed by atoms with van der Waals surface area (Å²) in [5, 5.41) is 13.1. The van der Waals surface area contributed by atoms with Crippen LogP contribution in [-0.4, -0.2) is 46.7 Å². The van der Waals surface area contributed by atoms with Gasteiger partial charge in [0.2, 0.25) is 10.0 Å². The molecule has 2 atom stereocenters. The third-order valence-corrected chi connectivity index (χ3v) is 5.72. The van der Waals surface area contributed by atoms with Crippen molar-refractivity contribution in [2.45, 2.75) is 25.2 Å². The van der Waals surface area contributed by atoms with E-state index in [1.807, 2.05) is 6.92 Å². The first kappa shape index (κ1) is 15.0. The summed E-state index contributed by atoms with van der Waals surface area (Å²) in [5.41, 5.74) is 0.551. The number of aryl methyl sites for hydroxylation is 1. The number of hydrogen-bond donors (Lipinski definition) is 1. The standard InChI is InChI=1S/C12H19N3O4S/c1-8-4-10(12(16)17)7-15(6-8)20(18,19)11-5-13-14(3)9(11)2/h5,8,10H,4,6-7H2,1-3H3,(H,16,17). The third kappa shape index (κ3) is 2.57. The van der Waals surface area contributed by atoms with Gasteiger partial charge in [-0.2, -0.15) is 9.40 Å². The average molecular weight is 301 g/mol.